The van der Waals surface area contributed by atoms with Gasteiger partial charge in [0, 0.05) is 23.5 Å². The quantitative estimate of drug-likeness (QED) is 0.770. The van der Waals surface area contributed by atoms with E-state index in [-0.39, 0.29) is 5.78 Å². The van der Waals surface area contributed by atoms with Crippen LogP contribution in [0.4, 0.5) is 0 Å². The molecule has 1 aliphatic heterocycles. The normalized spacial score (nSPS) is 20.5. The topological polar surface area (TPSA) is 25.2 Å². The summed E-state index contributed by atoms with van der Waals surface area (Å²) in [6.07, 6.45) is 5.09. The summed E-state index contributed by atoms with van der Waals surface area (Å²) >= 11 is 0. The van der Waals surface area contributed by atoms with Gasteiger partial charge in [0.15, 0.2) is 5.78 Å². The largest absolute Gasteiger partial charge is 0.349 e. The molecule has 1 fully saturated rings. The SMILES string of the molecule is CCC1CCCN(CC(=O)c2cc(C)n(CC)c2C)CC1. The van der Waals surface area contributed by atoms with Gasteiger partial charge in [0.1, 0.15) is 0 Å². The lowest BCUT2D eigenvalue weighted by molar-refractivity contribution is 0.0931. The number of hydrogen-bond donors (Lipinski definition) is 0. The molecule has 2 rings (SSSR count). The van der Waals surface area contributed by atoms with E-state index in [4.69, 9.17) is 0 Å². The van der Waals surface area contributed by atoms with E-state index in [1.54, 1.807) is 0 Å². The maximum atomic E-state index is 12.6. The molecule has 0 aromatic carbocycles. The Balaban J connectivity index is 2.01. The molecule has 0 N–H and O–H groups in total. The molecule has 0 spiro atoms. The molecule has 21 heavy (non-hydrogen) atoms. The van der Waals surface area contributed by atoms with Crippen LogP contribution in [0.5, 0.6) is 0 Å². The third-order valence-electron chi connectivity index (χ3n) is 5.08. The van der Waals surface area contributed by atoms with Gasteiger partial charge in [-0.25, -0.2) is 0 Å². The molecule has 1 atom stereocenters. The van der Waals surface area contributed by atoms with Crippen molar-refractivity contribution in [2.45, 2.75) is 59.9 Å². The van der Waals surface area contributed by atoms with Gasteiger partial charge < -0.3 is 4.57 Å². The van der Waals surface area contributed by atoms with E-state index < -0.39 is 0 Å². The highest BCUT2D eigenvalue weighted by Crippen LogP contribution is 2.21. The monoisotopic (exact) mass is 290 g/mol. The lowest BCUT2D eigenvalue weighted by Crippen LogP contribution is -2.31. The van der Waals surface area contributed by atoms with Gasteiger partial charge >= 0.3 is 0 Å². The van der Waals surface area contributed by atoms with Gasteiger partial charge in [-0.15, -0.1) is 0 Å². The van der Waals surface area contributed by atoms with Crippen LogP contribution in [0.25, 0.3) is 0 Å². The highest BCUT2D eigenvalue weighted by molar-refractivity contribution is 5.99. The maximum absolute atomic E-state index is 12.6. The summed E-state index contributed by atoms with van der Waals surface area (Å²) in [5.74, 6) is 1.15. The summed E-state index contributed by atoms with van der Waals surface area (Å²) in [4.78, 5) is 15.0. The molecule has 0 amide bonds. The van der Waals surface area contributed by atoms with Crippen LogP contribution in [0.3, 0.4) is 0 Å². The smallest absolute Gasteiger partial charge is 0.178 e. The number of carbonyl (C=O) groups excluding carboxylic acids is 1. The second-order valence-electron chi connectivity index (χ2n) is 6.43. The summed E-state index contributed by atoms with van der Waals surface area (Å²) in [5, 5.41) is 0. The average Bonchev–Trinajstić information content (AvgIpc) is 2.64. The summed E-state index contributed by atoms with van der Waals surface area (Å²) in [5.41, 5.74) is 3.24. The lowest BCUT2D eigenvalue weighted by atomic mass is 9.98. The average molecular weight is 290 g/mol. The van der Waals surface area contributed by atoms with Crippen LogP contribution >= 0.6 is 0 Å². The Hall–Kier alpha value is -1.09. The Labute approximate surface area is 129 Å². The first-order valence-electron chi connectivity index (χ1n) is 8.49. The third-order valence-corrected chi connectivity index (χ3v) is 5.08. The molecule has 1 saturated heterocycles. The molecule has 3 nitrogen and oxygen atoms in total. The van der Waals surface area contributed by atoms with Crippen molar-refractivity contribution in [3.05, 3.63) is 23.0 Å². The number of Topliss-reactive ketones (excluding diaryl/α,β-unsaturated/α-hetero) is 1. The molecule has 0 aliphatic carbocycles. The van der Waals surface area contributed by atoms with Gasteiger partial charge in [0.25, 0.3) is 0 Å². The second-order valence-corrected chi connectivity index (χ2v) is 6.43. The van der Waals surface area contributed by atoms with Crippen molar-refractivity contribution in [1.29, 1.82) is 0 Å². The molecule has 118 valence electrons. The highest BCUT2D eigenvalue weighted by atomic mass is 16.1. The van der Waals surface area contributed by atoms with Gasteiger partial charge in [0.2, 0.25) is 0 Å². The number of ketones is 1. The Kier molecular flexibility index (Phi) is 5.63. The van der Waals surface area contributed by atoms with Crippen molar-refractivity contribution in [2.75, 3.05) is 19.6 Å². The van der Waals surface area contributed by atoms with Crippen molar-refractivity contribution >= 4 is 5.78 Å². The molecule has 3 heteroatoms. The van der Waals surface area contributed by atoms with Crippen LogP contribution in [0.1, 0.15) is 61.3 Å². The van der Waals surface area contributed by atoms with Gasteiger partial charge in [0.05, 0.1) is 6.54 Å². The van der Waals surface area contributed by atoms with Gasteiger partial charge in [-0.3, -0.25) is 9.69 Å². The van der Waals surface area contributed by atoms with Crippen LogP contribution in [0.15, 0.2) is 6.07 Å². The van der Waals surface area contributed by atoms with Gasteiger partial charge in [-0.1, -0.05) is 13.3 Å². The molecule has 0 saturated carbocycles. The van der Waals surface area contributed by atoms with Gasteiger partial charge in [-0.05, 0) is 65.1 Å². The molecular weight excluding hydrogens is 260 g/mol. The zero-order valence-electron chi connectivity index (χ0n) is 14.1. The summed E-state index contributed by atoms with van der Waals surface area (Å²) < 4.78 is 2.22. The fourth-order valence-electron chi connectivity index (χ4n) is 3.65. The highest BCUT2D eigenvalue weighted by Gasteiger charge is 2.20. The van der Waals surface area contributed by atoms with Crippen LogP contribution in [0, 0.1) is 19.8 Å². The maximum Gasteiger partial charge on any atom is 0.178 e. The van der Waals surface area contributed by atoms with Crippen LogP contribution in [0.2, 0.25) is 0 Å². The predicted molar refractivity (Wildman–Crippen MR) is 88.0 cm³/mol. The molecule has 1 unspecified atom stereocenters. The summed E-state index contributed by atoms with van der Waals surface area (Å²) in [7, 11) is 0. The summed E-state index contributed by atoms with van der Waals surface area (Å²) in [6, 6.07) is 2.06. The first-order valence-corrected chi connectivity index (χ1v) is 8.49. The van der Waals surface area contributed by atoms with Crippen LogP contribution in [-0.2, 0) is 6.54 Å². The van der Waals surface area contributed by atoms with Crippen molar-refractivity contribution in [2.24, 2.45) is 5.92 Å². The number of aryl methyl sites for hydroxylation is 1. The zero-order valence-corrected chi connectivity index (χ0v) is 14.1. The molecular formula is C18H30N2O. The van der Waals surface area contributed by atoms with Crippen LogP contribution < -0.4 is 0 Å². The standard InChI is InChI=1S/C18H30N2O/c1-5-16-8-7-10-19(11-9-16)13-18(21)17-12-14(3)20(6-2)15(17)4/h12,16H,5-11,13H2,1-4H3. The minimum absolute atomic E-state index is 0.290. The van der Waals surface area contributed by atoms with Crippen molar-refractivity contribution in [3.63, 3.8) is 0 Å². The van der Waals surface area contributed by atoms with E-state index in [1.807, 2.05) is 0 Å². The molecule has 2 heterocycles. The number of carbonyl (C=O) groups is 1. The Morgan fingerprint density at radius 1 is 1.24 bits per heavy atom. The van der Waals surface area contributed by atoms with E-state index in [9.17, 15) is 4.79 Å². The van der Waals surface area contributed by atoms with Crippen molar-refractivity contribution in [3.8, 4) is 0 Å². The number of hydrogen-bond acceptors (Lipinski definition) is 2. The fourth-order valence-corrected chi connectivity index (χ4v) is 3.65. The lowest BCUT2D eigenvalue weighted by Gasteiger charge is -2.19. The Bertz CT molecular complexity index is 490. The molecule has 1 aliphatic rings. The number of nitrogens with zero attached hydrogens (tertiary/aromatic N) is 2. The first kappa shape index (κ1) is 16.3. The Morgan fingerprint density at radius 2 is 2.00 bits per heavy atom. The molecule has 0 radical (unpaired) electrons. The molecule has 0 bridgehead atoms. The predicted octanol–water partition coefficient (Wildman–Crippen LogP) is 3.82. The van der Waals surface area contributed by atoms with E-state index in [2.05, 4.69) is 43.2 Å². The van der Waals surface area contributed by atoms with E-state index in [0.717, 1.165) is 36.8 Å². The zero-order chi connectivity index (χ0) is 15.4. The van der Waals surface area contributed by atoms with Crippen molar-refractivity contribution in [1.82, 2.24) is 9.47 Å². The number of likely N-dealkylation sites (tertiary alicyclic amines) is 1. The minimum Gasteiger partial charge on any atom is -0.349 e. The van der Waals surface area contributed by atoms with Gasteiger partial charge in [-0.2, -0.15) is 0 Å². The fraction of sp³-hybridized carbons (Fsp3) is 0.722. The van der Waals surface area contributed by atoms with E-state index in [1.165, 1.54) is 31.4 Å². The first-order chi connectivity index (χ1) is 10.1. The van der Waals surface area contributed by atoms with E-state index >= 15 is 0 Å². The van der Waals surface area contributed by atoms with Crippen LogP contribution in [-0.4, -0.2) is 34.9 Å². The minimum atomic E-state index is 0.290. The molecule has 1 aromatic rings. The molecule has 1 aromatic heterocycles. The third kappa shape index (κ3) is 3.76. The van der Waals surface area contributed by atoms with E-state index in [0.29, 0.717) is 6.54 Å². The summed E-state index contributed by atoms with van der Waals surface area (Å²) in [6.45, 7) is 12.3. The number of aromatic nitrogens is 1. The second kappa shape index (κ2) is 7.26. The van der Waals surface area contributed by atoms with Crippen molar-refractivity contribution < 1.29 is 4.79 Å². The Morgan fingerprint density at radius 3 is 2.62 bits per heavy atom. The number of rotatable bonds is 5.